The van der Waals surface area contributed by atoms with Crippen molar-refractivity contribution in [2.45, 2.75) is 40.3 Å². The molecular weight excluding hydrogens is 234 g/mol. The molecule has 1 atom stereocenters. The molecule has 0 radical (unpaired) electrons. The Morgan fingerprint density at radius 3 is 2.47 bits per heavy atom. The van der Waals surface area contributed by atoms with Crippen molar-refractivity contribution >= 4 is 17.3 Å². The van der Waals surface area contributed by atoms with Crippen LogP contribution in [0.4, 0.5) is 0 Å². The van der Waals surface area contributed by atoms with Gasteiger partial charge in [-0.25, -0.2) is 4.79 Å². The molecule has 0 aliphatic carbocycles. The van der Waals surface area contributed by atoms with Crippen LogP contribution < -0.4 is 0 Å². The molecule has 0 aliphatic rings. The van der Waals surface area contributed by atoms with Crippen molar-refractivity contribution in [1.29, 1.82) is 0 Å². The van der Waals surface area contributed by atoms with E-state index >= 15 is 0 Å². The summed E-state index contributed by atoms with van der Waals surface area (Å²) >= 11 is 1.36. The Hall–Kier alpha value is -0.870. The van der Waals surface area contributed by atoms with Crippen molar-refractivity contribution in [2.24, 2.45) is 5.92 Å². The van der Waals surface area contributed by atoms with Crippen molar-refractivity contribution in [3.8, 4) is 0 Å². The van der Waals surface area contributed by atoms with Crippen LogP contribution in [0.15, 0.2) is 6.07 Å². The zero-order valence-corrected chi connectivity index (χ0v) is 12.0. The number of aromatic carboxylic acids is 1. The normalized spacial score (nSPS) is 13.4. The summed E-state index contributed by atoms with van der Waals surface area (Å²) in [5.74, 6) is -0.234. The Morgan fingerprint density at radius 1 is 1.47 bits per heavy atom. The Balaban J connectivity index is 2.78. The quantitative estimate of drug-likeness (QED) is 0.878. The van der Waals surface area contributed by atoms with Gasteiger partial charge in [0.15, 0.2) is 0 Å². The van der Waals surface area contributed by atoms with E-state index in [1.165, 1.54) is 11.3 Å². The molecule has 1 rings (SSSR count). The van der Waals surface area contributed by atoms with E-state index in [0.29, 0.717) is 16.8 Å². The average Bonchev–Trinajstić information content (AvgIpc) is 2.59. The molecule has 3 nitrogen and oxygen atoms in total. The highest BCUT2D eigenvalue weighted by molar-refractivity contribution is 7.14. The van der Waals surface area contributed by atoms with Gasteiger partial charge < -0.3 is 5.11 Å². The van der Waals surface area contributed by atoms with E-state index in [2.05, 4.69) is 32.7 Å². The van der Waals surface area contributed by atoms with Gasteiger partial charge in [-0.3, -0.25) is 4.90 Å². The van der Waals surface area contributed by atoms with E-state index in [9.17, 15) is 4.79 Å². The van der Waals surface area contributed by atoms with Gasteiger partial charge in [-0.2, -0.15) is 0 Å². The van der Waals surface area contributed by atoms with Crippen LogP contribution in [0.5, 0.6) is 0 Å². The van der Waals surface area contributed by atoms with Gasteiger partial charge in [0.1, 0.15) is 4.88 Å². The molecule has 1 N–H and O–H groups in total. The highest BCUT2D eigenvalue weighted by Crippen LogP contribution is 2.23. The van der Waals surface area contributed by atoms with Crippen LogP contribution in [0.1, 0.15) is 40.9 Å². The summed E-state index contributed by atoms with van der Waals surface area (Å²) in [6, 6.07) is 2.29. The lowest BCUT2D eigenvalue weighted by molar-refractivity contribution is 0.0702. The lowest BCUT2D eigenvalue weighted by atomic mass is 10.0. The zero-order chi connectivity index (χ0) is 13.2. The van der Waals surface area contributed by atoms with Gasteiger partial charge in [-0.15, -0.1) is 11.3 Å². The van der Waals surface area contributed by atoms with E-state index < -0.39 is 5.97 Å². The van der Waals surface area contributed by atoms with Crippen LogP contribution in [-0.4, -0.2) is 29.1 Å². The van der Waals surface area contributed by atoms with E-state index in [-0.39, 0.29) is 0 Å². The Labute approximate surface area is 107 Å². The number of rotatable bonds is 5. The van der Waals surface area contributed by atoms with Crippen LogP contribution >= 0.6 is 11.3 Å². The number of carboxylic acids is 1. The monoisotopic (exact) mass is 255 g/mol. The number of hydrogen-bond acceptors (Lipinski definition) is 3. The van der Waals surface area contributed by atoms with Crippen molar-refractivity contribution in [3.63, 3.8) is 0 Å². The molecule has 0 aliphatic heterocycles. The minimum atomic E-state index is -0.830. The maximum Gasteiger partial charge on any atom is 0.345 e. The SMILES string of the molecule is Cc1sc(C(=O)O)cc1CN(C)C(C)C(C)C. The van der Waals surface area contributed by atoms with Gasteiger partial charge >= 0.3 is 5.97 Å². The fourth-order valence-electron chi connectivity index (χ4n) is 1.70. The van der Waals surface area contributed by atoms with Gasteiger partial charge in [0.05, 0.1) is 0 Å². The molecule has 0 amide bonds. The molecule has 17 heavy (non-hydrogen) atoms. The summed E-state index contributed by atoms with van der Waals surface area (Å²) in [7, 11) is 2.09. The summed E-state index contributed by atoms with van der Waals surface area (Å²) < 4.78 is 0. The first-order chi connectivity index (χ1) is 7.82. The zero-order valence-electron chi connectivity index (χ0n) is 11.2. The standard InChI is InChI=1S/C13H21NO2S/c1-8(2)9(3)14(5)7-11-6-12(13(15)16)17-10(11)4/h6,8-9H,7H2,1-5H3,(H,15,16). The van der Waals surface area contributed by atoms with Gasteiger partial charge in [-0.1, -0.05) is 13.8 Å². The minimum absolute atomic E-state index is 0.433. The maximum absolute atomic E-state index is 10.9. The molecular formula is C13H21NO2S. The number of carbonyl (C=O) groups is 1. The van der Waals surface area contributed by atoms with Gasteiger partial charge in [0.25, 0.3) is 0 Å². The fraction of sp³-hybridized carbons (Fsp3) is 0.615. The molecule has 96 valence electrons. The largest absolute Gasteiger partial charge is 0.477 e. The number of carboxylic acid groups (broad SMARTS) is 1. The summed E-state index contributed by atoms with van der Waals surface area (Å²) in [5.41, 5.74) is 1.13. The van der Waals surface area contributed by atoms with E-state index in [1.54, 1.807) is 6.07 Å². The molecule has 0 aromatic carbocycles. The molecule has 0 saturated carbocycles. The summed E-state index contributed by atoms with van der Waals surface area (Å²) in [6.45, 7) is 9.40. The Kier molecular flexibility index (Phi) is 4.71. The van der Waals surface area contributed by atoms with Crippen molar-refractivity contribution in [3.05, 3.63) is 21.4 Å². The Morgan fingerprint density at radius 2 is 2.06 bits per heavy atom. The molecule has 0 spiro atoms. The number of aryl methyl sites for hydroxylation is 1. The predicted octanol–water partition coefficient (Wildman–Crippen LogP) is 3.23. The van der Waals surface area contributed by atoms with E-state index in [1.807, 2.05) is 6.92 Å². The van der Waals surface area contributed by atoms with Crippen molar-refractivity contribution < 1.29 is 9.90 Å². The first kappa shape index (κ1) is 14.2. The number of nitrogens with zero attached hydrogens (tertiary/aromatic N) is 1. The van der Waals surface area contributed by atoms with E-state index in [4.69, 9.17) is 5.11 Å². The third kappa shape index (κ3) is 3.54. The second-order valence-electron chi connectivity index (χ2n) is 4.90. The minimum Gasteiger partial charge on any atom is -0.477 e. The van der Waals surface area contributed by atoms with Gasteiger partial charge in [0, 0.05) is 17.5 Å². The number of thiophene rings is 1. The van der Waals surface area contributed by atoms with Crippen LogP contribution in [0, 0.1) is 12.8 Å². The third-order valence-electron chi connectivity index (χ3n) is 3.31. The maximum atomic E-state index is 10.9. The first-order valence-corrected chi connectivity index (χ1v) is 6.67. The van der Waals surface area contributed by atoms with Crippen molar-refractivity contribution in [1.82, 2.24) is 4.90 Å². The molecule has 1 aromatic rings. The second-order valence-corrected chi connectivity index (χ2v) is 6.15. The smallest absolute Gasteiger partial charge is 0.345 e. The predicted molar refractivity (Wildman–Crippen MR) is 71.8 cm³/mol. The molecule has 4 heteroatoms. The fourth-order valence-corrected chi connectivity index (χ4v) is 2.58. The summed E-state index contributed by atoms with van der Waals surface area (Å²) in [4.78, 5) is 14.7. The lowest BCUT2D eigenvalue weighted by Gasteiger charge is -2.27. The van der Waals surface area contributed by atoms with Crippen LogP contribution in [0.3, 0.4) is 0 Å². The van der Waals surface area contributed by atoms with Crippen LogP contribution in [0.2, 0.25) is 0 Å². The van der Waals surface area contributed by atoms with Crippen LogP contribution in [0.25, 0.3) is 0 Å². The summed E-state index contributed by atoms with van der Waals surface area (Å²) in [6.07, 6.45) is 0. The molecule has 1 heterocycles. The topological polar surface area (TPSA) is 40.5 Å². The van der Waals surface area contributed by atoms with Crippen LogP contribution in [-0.2, 0) is 6.54 Å². The molecule has 1 unspecified atom stereocenters. The van der Waals surface area contributed by atoms with Gasteiger partial charge in [-0.05, 0) is 38.4 Å². The molecule has 0 bridgehead atoms. The molecule has 0 saturated heterocycles. The highest BCUT2D eigenvalue weighted by Gasteiger charge is 2.16. The van der Waals surface area contributed by atoms with E-state index in [0.717, 1.165) is 17.0 Å². The average molecular weight is 255 g/mol. The lowest BCUT2D eigenvalue weighted by Crippen LogP contribution is -2.32. The third-order valence-corrected chi connectivity index (χ3v) is 4.39. The summed E-state index contributed by atoms with van der Waals surface area (Å²) in [5, 5.41) is 8.95. The molecule has 1 aromatic heterocycles. The van der Waals surface area contributed by atoms with Gasteiger partial charge in [0.2, 0.25) is 0 Å². The molecule has 0 fully saturated rings. The number of hydrogen-bond donors (Lipinski definition) is 1. The highest BCUT2D eigenvalue weighted by atomic mass is 32.1. The Bertz CT molecular complexity index is 398. The first-order valence-electron chi connectivity index (χ1n) is 5.85. The van der Waals surface area contributed by atoms with Crippen molar-refractivity contribution in [2.75, 3.05) is 7.05 Å². The second kappa shape index (κ2) is 5.65.